The van der Waals surface area contributed by atoms with Crippen LogP contribution >= 0.6 is 0 Å². The van der Waals surface area contributed by atoms with Gasteiger partial charge in [-0.3, -0.25) is 9.69 Å². The van der Waals surface area contributed by atoms with Gasteiger partial charge in [0.05, 0.1) is 13.7 Å². The van der Waals surface area contributed by atoms with Crippen LogP contribution in [0.1, 0.15) is 25.7 Å². The average Bonchev–Trinajstić information content (AvgIpc) is 2.68. The first-order valence-electron chi connectivity index (χ1n) is 6.94. The van der Waals surface area contributed by atoms with Crippen molar-refractivity contribution in [1.82, 2.24) is 4.90 Å². The number of likely N-dealkylation sites (tertiary alicyclic amines) is 1. The SMILES string of the molecule is COc1ccc(NC(=O)CN2CCCCCC2)cc1. The molecule has 0 aliphatic carbocycles. The highest BCUT2D eigenvalue weighted by molar-refractivity contribution is 5.92. The minimum atomic E-state index is 0.0621. The van der Waals surface area contributed by atoms with E-state index in [0.717, 1.165) is 24.5 Å². The van der Waals surface area contributed by atoms with E-state index in [2.05, 4.69) is 10.2 Å². The lowest BCUT2D eigenvalue weighted by Gasteiger charge is -2.19. The molecule has 0 saturated carbocycles. The number of methoxy groups -OCH3 is 1. The van der Waals surface area contributed by atoms with Crippen molar-refractivity contribution in [2.45, 2.75) is 25.7 Å². The molecule has 1 aromatic carbocycles. The van der Waals surface area contributed by atoms with Crippen molar-refractivity contribution in [3.05, 3.63) is 24.3 Å². The number of anilines is 1. The summed E-state index contributed by atoms with van der Waals surface area (Å²) in [6, 6.07) is 7.42. The minimum absolute atomic E-state index is 0.0621. The van der Waals surface area contributed by atoms with Crippen molar-refractivity contribution in [2.75, 3.05) is 32.1 Å². The van der Waals surface area contributed by atoms with Gasteiger partial charge < -0.3 is 10.1 Å². The van der Waals surface area contributed by atoms with Crippen LogP contribution in [0.4, 0.5) is 5.69 Å². The molecule has 0 unspecified atom stereocenters. The number of amides is 1. The van der Waals surface area contributed by atoms with Crippen molar-refractivity contribution in [3.63, 3.8) is 0 Å². The molecule has 2 rings (SSSR count). The lowest BCUT2D eigenvalue weighted by atomic mass is 10.2. The summed E-state index contributed by atoms with van der Waals surface area (Å²) in [5.74, 6) is 0.859. The Hall–Kier alpha value is -1.55. The zero-order chi connectivity index (χ0) is 13.5. The molecule has 1 saturated heterocycles. The van der Waals surface area contributed by atoms with Crippen molar-refractivity contribution in [1.29, 1.82) is 0 Å². The highest BCUT2D eigenvalue weighted by atomic mass is 16.5. The predicted molar refractivity (Wildman–Crippen MR) is 76.5 cm³/mol. The Morgan fingerprint density at radius 3 is 2.37 bits per heavy atom. The Labute approximate surface area is 114 Å². The number of rotatable bonds is 4. The van der Waals surface area contributed by atoms with Gasteiger partial charge >= 0.3 is 0 Å². The molecule has 0 radical (unpaired) electrons. The quantitative estimate of drug-likeness (QED) is 0.906. The summed E-state index contributed by atoms with van der Waals surface area (Å²) in [6.07, 6.45) is 4.98. The molecule has 4 nitrogen and oxygen atoms in total. The first-order valence-corrected chi connectivity index (χ1v) is 6.94. The van der Waals surface area contributed by atoms with Gasteiger partial charge in [0.25, 0.3) is 0 Å². The van der Waals surface area contributed by atoms with Gasteiger partial charge in [0.2, 0.25) is 5.91 Å². The van der Waals surface area contributed by atoms with Crippen LogP contribution in [0.5, 0.6) is 5.75 Å². The van der Waals surface area contributed by atoms with Crippen LogP contribution in [-0.4, -0.2) is 37.6 Å². The number of nitrogens with one attached hydrogen (secondary N) is 1. The first kappa shape index (κ1) is 13.9. The topological polar surface area (TPSA) is 41.6 Å². The lowest BCUT2D eigenvalue weighted by molar-refractivity contribution is -0.117. The summed E-state index contributed by atoms with van der Waals surface area (Å²) in [6.45, 7) is 2.57. The van der Waals surface area contributed by atoms with Crippen molar-refractivity contribution >= 4 is 11.6 Å². The molecule has 1 N–H and O–H groups in total. The number of hydrogen-bond donors (Lipinski definition) is 1. The van der Waals surface area contributed by atoms with Gasteiger partial charge in [-0.25, -0.2) is 0 Å². The maximum Gasteiger partial charge on any atom is 0.238 e. The fourth-order valence-corrected chi connectivity index (χ4v) is 2.37. The van der Waals surface area contributed by atoms with Gasteiger partial charge in [0.15, 0.2) is 0 Å². The van der Waals surface area contributed by atoms with E-state index in [1.807, 2.05) is 24.3 Å². The molecule has 0 bridgehead atoms. The van der Waals surface area contributed by atoms with E-state index < -0.39 is 0 Å². The molecule has 1 aliphatic heterocycles. The maximum atomic E-state index is 12.0. The second-order valence-electron chi connectivity index (χ2n) is 4.97. The molecule has 0 atom stereocenters. The minimum Gasteiger partial charge on any atom is -0.497 e. The number of benzene rings is 1. The van der Waals surface area contributed by atoms with Gasteiger partial charge in [-0.2, -0.15) is 0 Å². The van der Waals surface area contributed by atoms with Gasteiger partial charge in [-0.1, -0.05) is 12.8 Å². The fraction of sp³-hybridized carbons (Fsp3) is 0.533. The average molecular weight is 262 g/mol. The number of nitrogens with zero attached hydrogens (tertiary/aromatic N) is 1. The summed E-state index contributed by atoms with van der Waals surface area (Å²) < 4.78 is 5.09. The number of hydrogen-bond acceptors (Lipinski definition) is 3. The summed E-state index contributed by atoms with van der Waals surface area (Å²) >= 11 is 0. The highest BCUT2D eigenvalue weighted by Crippen LogP contribution is 2.15. The summed E-state index contributed by atoms with van der Waals surface area (Å²) in [4.78, 5) is 14.2. The Bertz CT molecular complexity index is 395. The zero-order valence-corrected chi connectivity index (χ0v) is 11.5. The molecule has 1 aliphatic rings. The smallest absolute Gasteiger partial charge is 0.238 e. The molecule has 4 heteroatoms. The lowest BCUT2D eigenvalue weighted by Crippen LogP contribution is -2.33. The normalized spacial score (nSPS) is 16.7. The van der Waals surface area contributed by atoms with Crippen LogP contribution in [0.2, 0.25) is 0 Å². The Morgan fingerprint density at radius 1 is 1.16 bits per heavy atom. The number of ether oxygens (including phenoxy) is 1. The molecular weight excluding hydrogens is 240 g/mol. The maximum absolute atomic E-state index is 12.0. The molecule has 0 spiro atoms. The van der Waals surface area contributed by atoms with E-state index in [9.17, 15) is 4.79 Å². The molecule has 1 heterocycles. The molecule has 1 fully saturated rings. The fourth-order valence-electron chi connectivity index (χ4n) is 2.37. The monoisotopic (exact) mass is 262 g/mol. The Morgan fingerprint density at radius 2 is 1.79 bits per heavy atom. The van der Waals surface area contributed by atoms with Crippen LogP contribution in [-0.2, 0) is 4.79 Å². The summed E-state index contributed by atoms with van der Waals surface area (Å²) in [7, 11) is 1.63. The van der Waals surface area contributed by atoms with Crippen LogP contribution < -0.4 is 10.1 Å². The molecular formula is C15H22N2O2. The van der Waals surface area contributed by atoms with E-state index >= 15 is 0 Å². The largest absolute Gasteiger partial charge is 0.497 e. The van der Waals surface area contributed by atoms with E-state index in [1.54, 1.807) is 7.11 Å². The van der Waals surface area contributed by atoms with E-state index in [4.69, 9.17) is 4.74 Å². The third-order valence-corrected chi connectivity index (χ3v) is 3.44. The third kappa shape index (κ3) is 4.56. The zero-order valence-electron chi connectivity index (χ0n) is 11.5. The van der Waals surface area contributed by atoms with Crippen LogP contribution in [0.15, 0.2) is 24.3 Å². The van der Waals surface area contributed by atoms with Crippen LogP contribution in [0.3, 0.4) is 0 Å². The van der Waals surface area contributed by atoms with Gasteiger partial charge in [-0.15, -0.1) is 0 Å². The standard InChI is InChI=1S/C15H22N2O2/c1-19-14-8-6-13(7-9-14)16-15(18)12-17-10-4-2-3-5-11-17/h6-9H,2-5,10-12H2,1H3,(H,16,18). The van der Waals surface area contributed by atoms with E-state index in [-0.39, 0.29) is 5.91 Å². The predicted octanol–water partition coefficient (Wildman–Crippen LogP) is 2.51. The number of carbonyl (C=O) groups excluding carboxylic acids is 1. The third-order valence-electron chi connectivity index (χ3n) is 3.44. The second kappa shape index (κ2) is 7.14. The molecule has 1 aromatic rings. The summed E-state index contributed by atoms with van der Waals surface area (Å²) in [5.41, 5.74) is 0.820. The van der Waals surface area contributed by atoms with Crippen molar-refractivity contribution in [2.24, 2.45) is 0 Å². The summed E-state index contributed by atoms with van der Waals surface area (Å²) in [5, 5.41) is 2.92. The van der Waals surface area contributed by atoms with Crippen molar-refractivity contribution in [3.8, 4) is 5.75 Å². The van der Waals surface area contributed by atoms with Gasteiger partial charge in [-0.05, 0) is 50.2 Å². The van der Waals surface area contributed by atoms with E-state index in [0.29, 0.717) is 6.54 Å². The Kier molecular flexibility index (Phi) is 5.21. The Balaban J connectivity index is 1.82. The molecule has 0 aromatic heterocycles. The number of carbonyl (C=O) groups is 1. The highest BCUT2D eigenvalue weighted by Gasteiger charge is 2.12. The van der Waals surface area contributed by atoms with Crippen LogP contribution in [0.25, 0.3) is 0 Å². The first-order chi connectivity index (χ1) is 9.28. The second-order valence-corrected chi connectivity index (χ2v) is 4.97. The molecule has 1 amide bonds. The van der Waals surface area contributed by atoms with Crippen LogP contribution in [0, 0.1) is 0 Å². The molecule has 19 heavy (non-hydrogen) atoms. The molecule has 104 valence electrons. The van der Waals surface area contributed by atoms with E-state index in [1.165, 1.54) is 25.7 Å². The van der Waals surface area contributed by atoms with Gasteiger partial charge in [0, 0.05) is 5.69 Å². The van der Waals surface area contributed by atoms with Crippen molar-refractivity contribution < 1.29 is 9.53 Å². The van der Waals surface area contributed by atoms with Gasteiger partial charge in [0.1, 0.15) is 5.75 Å².